The van der Waals surface area contributed by atoms with Crippen molar-refractivity contribution >= 4 is 0 Å². The highest BCUT2D eigenvalue weighted by Gasteiger charge is 2.16. The first kappa shape index (κ1) is 12.8. The van der Waals surface area contributed by atoms with Crippen molar-refractivity contribution in [1.29, 1.82) is 0 Å². The van der Waals surface area contributed by atoms with Gasteiger partial charge in [0.05, 0.1) is 13.2 Å². The summed E-state index contributed by atoms with van der Waals surface area (Å²) in [6.07, 6.45) is 6.60. The first-order chi connectivity index (χ1) is 9.42. The standard InChI is InChI=1S/C16H23NO2/c1-3-13(4-1)7-8-17-12-14-5-6-15-16(11-14)19-10-2-9-18-15/h5-6,11,13,17H,1-4,7-10,12H2. The highest BCUT2D eigenvalue weighted by atomic mass is 16.5. The number of fused-ring (bicyclic) bond motifs is 1. The number of hydrogen-bond donors (Lipinski definition) is 1. The predicted molar refractivity (Wildman–Crippen MR) is 75.7 cm³/mol. The van der Waals surface area contributed by atoms with Gasteiger partial charge in [0.2, 0.25) is 0 Å². The smallest absolute Gasteiger partial charge is 0.161 e. The Kier molecular flexibility index (Phi) is 4.23. The lowest BCUT2D eigenvalue weighted by Crippen LogP contribution is -2.21. The summed E-state index contributed by atoms with van der Waals surface area (Å²) in [5.74, 6) is 2.77. The van der Waals surface area contributed by atoms with Gasteiger partial charge in [-0.15, -0.1) is 0 Å². The normalized spacial score (nSPS) is 18.7. The van der Waals surface area contributed by atoms with Crippen LogP contribution >= 0.6 is 0 Å². The highest BCUT2D eigenvalue weighted by molar-refractivity contribution is 5.43. The molecule has 0 spiro atoms. The largest absolute Gasteiger partial charge is 0.490 e. The molecule has 1 aromatic rings. The van der Waals surface area contributed by atoms with E-state index in [9.17, 15) is 0 Å². The van der Waals surface area contributed by atoms with Crippen molar-refractivity contribution in [2.24, 2.45) is 5.92 Å². The lowest BCUT2D eigenvalue weighted by atomic mass is 9.83. The average Bonchev–Trinajstić information content (AvgIpc) is 2.61. The van der Waals surface area contributed by atoms with Gasteiger partial charge in [-0.1, -0.05) is 25.3 Å². The Morgan fingerprint density at radius 2 is 1.89 bits per heavy atom. The number of hydrogen-bond acceptors (Lipinski definition) is 3. The highest BCUT2D eigenvalue weighted by Crippen LogP contribution is 2.30. The molecule has 3 nitrogen and oxygen atoms in total. The van der Waals surface area contributed by atoms with Gasteiger partial charge in [0.15, 0.2) is 11.5 Å². The van der Waals surface area contributed by atoms with Crippen molar-refractivity contribution in [2.75, 3.05) is 19.8 Å². The maximum absolute atomic E-state index is 5.71. The third-order valence-electron chi connectivity index (χ3n) is 4.10. The molecule has 0 unspecified atom stereocenters. The van der Waals surface area contributed by atoms with Gasteiger partial charge in [0.1, 0.15) is 0 Å². The number of rotatable bonds is 5. The molecule has 19 heavy (non-hydrogen) atoms. The maximum Gasteiger partial charge on any atom is 0.161 e. The molecule has 0 radical (unpaired) electrons. The minimum absolute atomic E-state index is 0.756. The van der Waals surface area contributed by atoms with E-state index < -0.39 is 0 Å². The van der Waals surface area contributed by atoms with E-state index in [0.717, 1.165) is 50.1 Å². The molecule has 0 amide bonds. The van der Waals surface area contributed by atoms with Crippen LogP contribution in [0.2, 0.25) is 0 Å². The fraction of sp³-hybridized carbons (Fsp3) is 0.625. The van der Waals surface area contributed by atoms with Gasteiger partial charge in [-0.3, -0.25) is 0 Å². The molecule has 1 aromatic carbocycles. The molecule has 1 aliphatic heterocycles. The van der Waals surface area contributed by atoms with E-state index in [1.807, 2.05) is 6.07 Å². The van der Waals surface area contributed by atoms with Gasteiger partial charge in [-0.25, -0.2) is 0 Å². The maximum atomic E-state index is 5.71. The second-order valence-corrected chi connectivity index (χ2v) is 5.59. The Bertz CT molecular complexity index is 415. The summed E-state index contributed by atoms with van der Waals surface area (Å²) in [5, 5.41) is 3.53. The van der Waals surface area contributed by atoms with Crippen LogP contribution in [0.4, 0.5) is 0 Å². The van der Waals surface area contributed by atoms with E-state index in [1.165, 1.54) is 31.2 Å². The molecule has 1 fully saturated rings. The van der Waals surface area contributed by atoms with Crippen LogP contribution in [0.15, 0.2) is 18.2 Å². The van der Waals surface area contributed by atoms with Gasteiger partial charge in [-0.2, -0.15) is 0 Å². The minimum Gasteiger partial charge on any atom is -0.490 e. The number of ether oxygens (including phenoxy) is 2. The number of nitrogens with one attached hydrogen (secondary N) is 1. The van der Waals surface area contributed by atoms with Crippen molar-refractivity contribution in [1.82, 2.24) is 5.32 Å². The predicted octanol–water partition coefficient (Wildman–Crippen LogP) is 3.13. The average molecular weight is 261 g/mol. The van der Waals surface area contributed by atoms with Crippen LogP contribution in [0.3, 0.4) is 0 Å². The van der Waals surface area contributed by atoms with E-state index in [1.54, 1.807) is 0 Å². The molecule has 1 aliphatic carbocycles. The summed E-state index contributed by atoms with van der Waals surface area (Å²) >= 11 is 0. The first-order valence-electron chi connectivity index (χ1n) is 7.51. The fourth-order valence-electron chi connectivity index (χ4n) is 2.64. The molecule has 2 aliphatic rings. The van der Waals surface area contributed by atoms with Crippen molar-refractivity contribution in [3.05, 3.63) is 23.8 Å². The monoisotopic (exact) mass is 261 g/mol. The van der Waals surface area contributed by atoms with Gasteiger partial charge < -0.3 is 14.8 Å². The molecule has 0 bridgehead atoms. The molecule has 0 atom stereocenters. The molecule has 0 aromatic heterocycles. The zero-order valence-corrected chi connectivity index (χ0v) is 11.5. The third-order valence-corrected chi connectivity index (χ3v) is 4.10. The Morgan fingerprint density at radius 1 is 1.05 bits per heavy atom. The van der Waals surface area contributed by atoms with Crippen molar-refractivity contribution < 1.29 is 9.47 Å². The summed E-state index contributed by atoms with van der Waals surface area (Å²) in [5.41, 5.74) is 1.28. The van der Waals surface area contributed by atoms with E-state index >= 15 is 0 Å². The number of benzene rings is 1. The summed E-state index contributed by atoms with van der Waals surface area (Å²) in [6.45, 7) is 3.56. The zero-order valence-electron chi connectivity index (χ0n) is 11.5. The Hall–Kier alpha value is -1.22. The third kappa shape index (κ3) is 3.41. The van der Waals surface area contributed by atoms with E-state index in [2.05, 4.69) is 17.4 Å². The second kappa shape index (κ2) is 6.29. The van der Waals surface area contributed by atoms with Crippen molar-refractivity contribution in [3.63, 3.8) is 0 Å². The Balaban J connectivity index is 1.48. The van der Waals surface area contributed by atoms with Crippen molar-refractivity contribution in [3.8, 4) is 11.5 Å². The van der Waals surface area contributed by atoms with Crippen LogP contribution in [0, 0.1) is 5.92 Å². The van der Waals surface area contributed by atoms with Crippen molar-refractivity contribution in [2.45, 2.75) is 38.6 Å². The first-order valence-corrected chi connectivity index (χ1v) is 7.51. The van der Waals surface area contributed by atoms with Crippen LogP contribution in [0.5, 0.6) is 11.5 Å². The van der Waals surface area contributed by atoms with Crippen LogP contribution in [-0.4, -0.2) is 19.8 Å². The SMILES string of the molecule is c1cc2c(cc1CNCCC1CCC1)OCCCO2. The topological polar surface area (TPSA) is 30.5 Å². The van der Waals surface area contributed by atoms with E-state index in [0.29, 0.717) is 0 Å². The molecule has 1 N–H and O–H groups in total. The Morgan fingerprint density at radius 3 is 2.68 bits per heavy atom. The molecular weight excluding hydrogens is 238 g/mol. The van der Waals surface area contributed by atoms with Crippen LogP contribution in [-0.2, 0) is 6.54 Å². The van der Waals surface area contributed by atoms with Gasteiger partial charge in [-0.05, 0) is 36.6 Å². The lowest BCUT2D eigenvalue weighted by Gasteiger charge is -2.25. The summed E-state index contributed by atoms with van der Waals surface area (Å²) in [6, 6.07) is 6.27. The Labute approximate surface area is 115 Å². The van der Waals surface area contributed by atoms with Crippen LogP contribution in [0.25, 0.3) is 0 Å². The molecular formula is C16H23NO2. The van der Waals surface area contributed by atoms with Crippen LogP contribution in [0.1, 0.15) is 37.7 Å². The summed E-state index contributed by atoms with van der Waals surface area (Å²) < 4.78 is 11.3. The second-order valence-electron chi connectivity index (χ2n) is 5.59. The lowest BCUT2D eigenvalue weighted by molar-refractivity contribution is 0.292. The molecule has 1 saturated carbocycles. The zero-order chi connectivity index (χ0) is 12.9. The molecule has 104 valence electrons. The van der Waals surface area contributed by atoms with Gasteiger partial charge in [0, 0.05) is 13.0 Å². The van der Waals surface area contributed by atoms with E-state index in [-0.39, 0.29) is 0 Å². The quantitative estimate of drug-likeness (QED) is 0.826. The summed E-state index contributed by atoms with van der Waals surface area (Å²) in [4.78, 5) is 0. The molecule has 3 rings (SSSR count). The van der Waals surface area contributed by atoms with E-state index in [4.69, 9.17) is 9.47 Å². The van der Waals surface area contributed by atoms with Gasteiger partial charge >= 0.3 is 0 Å². The molecule has 0 saturated heterocycles. The van der Waals surface area contributed by atoms with Crippen LogP contribution < -0.4 is 14.8 Å². The molecule has 1 heterocycles. The van der Waals surface area contributed by atoms with Gasteiger partial charge in [0.25, 0.3) is 0 Å². The summed E-state index contributed by atoms with van der Waals surface area (Å²) in [7, 11) is 0. The fourth-order valence-corrected chi connectivity index (χ4v) is 2.64. The molecule has 3 heteroatoms. The minimum atomic E-state index is 0.756.